The maximum atomic E-state index is 13.1. The zero-order chi connectivity index (χ0) is 17.1. The molecule has 5 nitrogen and oxygen atoms in total. The van der Waals surface area contributed by atoms with Gasteiger partial charge in [0.2, 0.25) is 0 Å². The maximum Gasteiger partial charge on any atom is 0.319 e. The summed E-state index contributed by atoms with van der Waals surface area (Å²) in [6, 6.07) is 6.22. The predicted octanol–water partition coefficient (Wildman–Crippen LogP) is 4.31. The van der Waals surface area contributed by atoms with Gasteiger partial charge in [0.05, 0.1) is 18.5 Å². The molecule has 0 aliphatic rings. The van der Waals surface area contributed by atoms with Gasteiger partial charge in [-0.15, -0.1) is 11.3 Å². The highest BCUT2D eigenvalue weighted by atomic mass is 32.1. The average molecular weight is 349 g/mol. The molecule has 2 heterocycles. The van der Waals surface area contributed by atoms with Gasteiger partial charge in [-0.3, -0.25) is 0 Å². The Morgan fingerprint density at radius 1 is 1.29 bits per heavy atom. The van der Waals surface area contributed by atoms with E-state index in [0.29, 0.717) is 5.76 Å². The van der Waals surface area contributed by atoms with Crippen molar-refractivity contribution in [2.75, 3.05) is 5.32 Å². The quantitative estimate of drug-likeness (QED) is 0.737. The number of amides is 2. The summed E-state index contributed by atoms with van der Waals surface area (Å²) >= 11 is 1.41. The SMILES string of the molecule is Cc1nc(-c2ccco2)sc1CNC(=O)Nc1ccc(F)c(F)c1. The second-order valence-corrected chi connectivity index (χ2v) is 6.03. The molecule has 0 atom stereocenters. The molecular weight excluding hydrogens is 336 g/mol. The van der Waals surface area contributed by atoms with Crippen LogP contribution in [0.3, 0.4) is 0 Å². The number of carbonyl (C=O) groups excluding carboxylic acids is 1. The highest BCUT2D eigenvalue weighted by Crippen LogP contribution is 2.28. The molecule has 0 aliphatic heterocycles. The lowest BCUT2D eigenvalue weighted by Gasteiger charge is -2.07. The van der Waals surface area contributed by atoms with Crippen LogP contribution in [0.25, 0.3) is 10.8 Å². The molecule has 0 aliphatic carbocycles. The fourth-order valence-corrected chi connectivity index (χ4v) is 2.98. The fourth-order valence-electron chi connectivity index (χ4n) is 2.01. The van der Waals surface area contributed by atoms with Crippen LogP contribution in [0.1, 0.15) is 10.6 Å². The van der Waals surface area contributed by atoms with E-state index in [-0.39, 0.29) is 12.2 Å². The molecule has 0 fully saturated rings. The fraction of sp³-hybridized carbons (Fsp3) is 0.125. The standard InChI is InChI=1S/C16H13F2N3O2S/c1-9-14(24-15(20-9)13-3-2-6-23-13)8-19-16(22)21-10-4-5-11(17)12(18)7-10/h2-7H,8H2,1H3,(H2,19,21,22). The zero-order valence-corrected chi connectivity index (χ0v) is 13.4. The van der Waals surface area contributed by atoms with Gasteiger partial charge in [-0.2, -0.15) is 0 Å². The van der Waals surface area contributed by atoms with E-state index in [0.717, 1.165) is 27.7 Å². The van der Waals surface area contributed by atoms with Crippen LogP contribution in [0.2, 0.25) is 0 Å². The maximum absolute atomic E-state index is 13.1. The molecule has 124 valence electrons. The molecule has 0 saturated carbocycles. The Morgan fingerprint density at radius 3 is 2.83 bits per heavy atom. The minimum absolute atomic E-state index is 0.170. The number of furan rings is 1. The molecule has 2 aromatic heterocycles. The van der Waals surface area contributed by atoms with E-state index >= 15 is 0 Å². The van der Waals surface area contributed by atoms with Crippen LogP contribution in [0, 0.1) is 18.6 Å². The number of hydrogen-bond donors (Lipinski definition) is 2. The van der Waals surface area contributed by atoms with E-state index in [9.17, 15) is 13.6 Å². The van der Waals surface area contributed by atoms with Gasteiger partial charge in [0.15, 0.2) is 22.4 Å². The molecule has 0 radical (unpaired) electrons. The third kappa shape index (κ3) is 3.60. The summed E-state index contributed by atoms with van der Waals surface area (Å²) in [4.78, 5) is 17.1. The Bertz CT molecular complexity index is 862. The number of rotatable bonds is 4. The van der Waals surface area contributed by atoms with Crippen LogP contribution in [0.4, 0.5) is 19.3 Å². The molecule has 2 N–H and O–H groups in total. The Hall–Kier alpha value is -2.74. The van der Waals surface area contributed by atoms with Crippen molar-refractivity contribution in [2.24, 2.45) is 0 Å². The topological polar surface area (TPSA) is 67.2 Å². The third-order valence-corrected chi connectivity index (χ3v) is 4.38. The summed E-state index contributed by atoms with van der Waals surface area (Å²) in [6.45, 7) is 2.10. The summed E-state index contributed by atoms with van der Waals surface area (Å²) in [6.07, 6.45) is 1.57. The number of anilines is 1. The first-order valence-electron chi connectivity index (χ1n) is 7.03. The van der Waals surface area contributed by atoms with Crippen molar-refractivity contribution >= 4 is 23.1 Å². The van der Waals surface area contributed by atoms with Gasteiger partial charge < -0.3 is 15.1 Å². The number of nitrogens with zero attached hydrogens (tertiary/aromatic N) is 1. The number of nitrogens with one attached hydrogen (secondary N) is 2. The van der Waals surface area contributed by atoms with Crippen molar-refractivity contribution in [1.29, 1.82) is 0 Å². The van der Waals surface area contributed by atoms with Crippen molar-refractivity contribution in [3.8, 4) is 10.8 Å². The molecule has 3 aromatic rings. The van der Waals surface area contributed by atoms with Crippen molar-refractivity contribution < 1.29 is 18.0 Å². The van der Waals surface area contributed by atoms with E-state index in [2.05, 4.69) is 15.6 Å². The van der Waals surface area contributed by atoms with Crippen LogP contribution < -0.4 is 10.6 Å². The van der Waals surface area contributed by atoms with E-state index in [1.165, 1.54) is 17.4 Å². The summed E-state index contributed by atoms with van der Waals surface area (Å²) in [5.74, 6) is -1.32. The number of carbonyl (C=O) groups is 1. The first kappa shape index (κ1) is 16.1. The van der Waals surface area contributed by atoms with Gasteiger partial charge in [0.1, 0.15) is 0 Å². The molecule has 0 saturated heterocycles. The van der Waals surface area contributed by atoms with E-state index in [4.69, 9.17) is 4.42 Å². The molecule has 0 spiro atoms. The van der Waals surface area contributed by atoms with Gasteiger partial charge in [0.25, 0.3) is 0 Å². The van der Waals surface area contributed by atoms with Crippen molar-refractivity contribution in [3.05, 3.63) is 58.8 Å². The van der Waals surface area contributed by atoms with E-state index in [1.54, 1.807) is 12.3 Å². The summed E-state index contributed by atoms with van der Waals surface area (Å²) in [7, 11) is 0. The lowest BCUT2D eigenvalue weighted by atomic mass is 10.3. The molecule has 0 bridgehead atoms. The monoisotopic (exact) mass is 349 g/mol. The molecule has 0 unspecified atom stereocenters. The van der Waals surface area contributed by atoms with Crippen LogP contribution >= 0.6 is 11.3 Å². The summed E-state index contributed by atoms with van der Waals surface area (Å²) in [5, 5.41) is 5.83. The Kier molecular flexibility index (Phi) is 4.57. The Balaban J connectivity index is 1.61. The van der Waals surface area contributed by atoms with Gasteiger partial charge in [-0.1, -0.05) is 0 Å². The lowest BCUT2D eigenvalue weighted by Crippen LogP contribution is -2.28. The van der Waals surface area contributed by atoms with Gasteiger partial charge in [-0.25, -0.2) is 18.6 Å². The number of hydrogen-bond acceptors (Lipinski definition) is 4. The number of halogens is 2. The van der Waals surface area contributed by atoms with Crippen LogP contribution in [0.5, 0.6) is 0 Å². The van der Waals surface area contributed by atoms with Gasteiger partial charge in [0, 0.05) is 16.6 Å². The van der Waals surface area contributed by atoms with Crippen LogP contribution in [0.15, 0.2) is 41.0 Å². The molecular formula is C16H13F2N3O2S. The summed E-state index contributed by atoms with van der Waals surface area (Å²) < 4.78 is 31.3. The van der Waals surface area contributed by atoms with Gasteiger partial charge in [-0.05, 0) is 31.2 Å². The number of thiazole rings is 1. The molecule has 3 rings (SSSR count). The third-order valence-electron chi connectivity index (χ3n) is 3.21. The normalized spacial score (nSPS) is 10.6. The van der Waals surface area contributed by atoms with Crippen molar-refractivity contribution in [1.82, 2.24) is 10.3 Å². The lowest BCUT2D eigenvalue weighted by molar-refractivity contribution is 0.252. The second kappa shape index (κ2) is 6.79. The Morgan fingerprint density at radius 2 is 2.12 bits per heavy atom. The summed E-state index contributed by atoms with van der Waals surface area (Å²) in [5.41, 5.74) is 0.961. The number of benzene rings is 1. The second-order valence-electron chi connectivity index (χ2n) is 4.94. The minimum Gasteiger partial charge on any atom is -0.462 e. The Labute approximate surface area is 140 Å². The van der Waals surface area contributed by atoms with Crippen molar-refractivity contribution in [3.63, 3.8) is 0 Å². The molecule has 2 amide bonds. The molecule has 8 heteroatoms. The van der Waals surface area contributed by atoms with Crippen LogP contribution in [-0.4, -0.2) is 11.0 Å². The van der Waals surface area contributed by atoms with Gasteiger partial charge >= 0.3 is 6.03 Å². The predicted molar refractivity (Wildman–Crippen MR) is 86.8 cm³/mol. The average Bonchev–Trinajstić information content (AvgIpc) is 3.18. The molecule has 24 heavy (non-hydrogen) atoms. The minimum atomic E-state index is -1.02. The zero-order valence-electron chi connectivity index (χ0n) is 12.6. The smallest absolute Gasteiger partial charge is 0.319 e. The first-order chi connectivity index (χ1) is 11.5. The van der Waals surface area contributed by atoms with E-state index < -0.39 is 17.7 Å². The van der Waals surface area contributed by atoms with E-state index in [1.807, 2.05) is 13.0 Å². The highest BCUT2D eigenvalue weighted by molar-refractivity contribution is 7.15. The van der Waals surface area contributed by atoms with Crippen molar-refractivity contribution in [2.45, 2.75) is 13.5 Å². The van der Waals surface area contributed by atoms with Crippen LogP contribution in [-0.2, 0) is 6.54 Å². The first-order valence-corrected chi connectivity index (χ1v) is 7.84. The number of aryl methyl sites for hydroxylation is 1. The highest BCUT2D eigenvalue weighted by Gasteiger charge is 2.12. The molecule has 1 aromatic carbocycles. The largest absolute Gasteiger partial charge is 0.462 e. The number of aromatic nitrogens is 1. The number of urea groups is 1.